The maximum atomic E-state index is 13.5. The molecule has 0 aliphatic carbocycles. The fourth-order valence-corrected chi connectivity index (χ4v) is 2.46. The van der Waals surface area contributed by atoms with Crippen LogP contribution in [-0.2, 0) is 0 Å². The number of amides is 1. The molecule has 0 aliphatic rings. The summed E-state index contributed by atoms with van der Waals surface area (Å²) in [6.45, 7) is 1.84. The van der Waals surface area contributed by atoms with Gasteiger partial charge in [0.2, 0.25) is 0 Å². The molecular weight excluding hydrogens is 359 g/mol. The predicted octanol–water partition coefficient (Wildman–Crippen LogP) is 4.12. The molecule has 0 unspecified atom stereocenters. The topological polar surface area (TPSA) is 67.8 Å². The average molecular weight is 376 g/mol. The Balaban J connectivity index is 1.59. The molecule has 3 rings (SSSR count). The number of hydrazone groups is 1. The number of esters is 1. The van der Waals surface area contributed by atoms with E-state index in [0.29, 0.717) is 16.9 Å². The number of hydrogen-bond donors (Lipinski definition) is 1. The average Bonchev–Trinajstić information content (AvgIpc) is 2.70. The number of carbonyl (C=O) groups is 2. The summed E-state index contributed by atoms with van der Waals surface area (Å²) in [5, 5.41) is 3.81. The smallest absolute Gasteiger partial charge is 0.343 e. The van der Waals surface area contributed by atoms with E-state index in [1.807, 2.05) is 19.1 Å². The van der Waals surface area contributed by atoms with Crippen LogP contribution in [-0.4, -0.2) is 18.1 Å². The molecule has 0 atom stereocenters. The number of ether oxygens (including phenoxy) is 1. The first-order valence-electron chi connectivity index (χ1n) is 8.50. The summed E-state index contributed by atoms with van der Waals surface area (Å²) in [5.74, 6) is -1.30. The van der Waals surface area contributed by atoms with Crippen LogP contribution < -0.4 is 10.2 Å². The van der Waals surface area contributed by atoms with Crippen LogP contribution in [0, 0.1) is 12.7 Å². The Hall–Kier alpha value is -3.80. The molecule has 28 heavy (non-hydrogen) atoms. The lowest BCUT2D eigenvalue weighted by Gasteiger charge is -2.06. The Kier molecular flexibility index (Phi) is 5.91. The molecule has 0 spiro atoms. The molecule has 0 radical (unpaired) electrons. The van der Waals surface area contributed by atoms with Crippen LogP contribution in [0.25, 0.3) is 0 Å². The molecule has 0 aromatic heterocycles. The minimum Gasteiger partial charge on any atom is -0.423 e. The molecule has 1 N–H and O–H groups in total. The van der Waals surface area contributed by atoms with E-state index < -0.39 is 17.7 Å². The minimum atomic E-state index is -0.641. The van der Waals surface area contributed by atoms with Crippen molar-refractivity contribution in [1.29, 1.82) is 0 Å². The lowest BCUT2D eigenvalue weighted by Crippen LogP contribution is -2.18. The number of benzene rings is 3. The Morgan fingerprint density at radius 2 is 1.57 bits per heavy atom. The molecule has 0 saturated carbocycles. The fourth-order valence-electron chi connectivity index (χ4n) is 2.46. The van der Waals surface area contributed by atoms with Gasteiger partial charge in [-0.1, -0.05) is 30.3 Å². The first-order valence-corrected chi connectivity index (χ1v) is 8.50. The third kappa shape index (κ3) is 4.67. The molecular formula is C22H17FN2O3. The van der Waals surface area contributed by atoms with Crippen molar-refractivity contribution in [2.24, 2.45) is 5.10 Å². The van der Waals surface area contributed by atoms with E-state index >= 15 is 0 Å². The second-order valence-electron chi connectivity index (χ2n) is 5.95. The van der Waals surface area contributed by atoms with Crippen molar-refractivity contribution in [1.82, 2.24) is 5.43 Å². The lowest BCUT2D eigenvalue weighted by atomic mass is 10.1. The van der Waals surface area contributed by atoms with E-state index in [1.165, 1.54) is 24.4 Å². The molecule has 0 aliphatic heterocycles. The van der Waals surface area contributed by atoms with Gasteiger partial charge in [0, 0.05) is 0 Å². The highest BCUT2D eigenvalue weighted by molar-refractivity contribution is 5.95. The summed E-state index contributed by atoms with van der Waals surface area (Å²) < 4.78 is 18.9. The van der Waals surface area contributed by atoms with Gasteiger partial charge >= 0.3 is 5.97 Å². The number of nitrogens with one attached hydrogen (secondary N) is 1. The summed E-state index contributed by atoms with van der Waals surface area (Å²) in [4.78, 5) is 24.1. The summed E-state index contributed by atoms with van der Waals surface area (Å²) in [5.41, 5.74) is 4.19. The quantitative estimate of drug-likeness (QED) is 0.315. The maximum Gasteiger partial charge on any atom is 0.343 e. The Labute approximate surface area is 161 Å². The molecule has 140 valence electrons. The zero-order valence-electron chi connectivity index (χ0n) is 15.1. The highest BCUT2D eigenvalue weighted by Crippen LogP contribution is 2.15. The number of carbonyl (C=O) groups excluding carboxylic acids is 2. The van der Waals surface area contributed by atoms with Gasteiger partial charge in [0.25, 0.3) is 5.91 Å². The molecule has 0 fully saturated rings. The Morgan fingerprint density at radius 3 is 2.25 bits per heavy atom. The van der Waals surface area contributed by atoms with Crippen molar-refractivity contribution in [3.05, 3.63) is 101 Å². The van der Waals surface area contributed by atoms with Crippen molar-refractivity contribution in [2.75, 3.05) is 0 Å². The number of halogens is 1. The van der Waals surface area contributed by atoms with Crippen LogP contribution in [0.5, 0.6) is 5.75 Å². The standard InChI is InChI=1S/C22H17FN2O3/c1-15-6-2-3-7-18(15)22(27)28-17-12-10-16(11-13-17)14-24-25-21(26)19-8-4-5-9-20(19)23/h2-14H,1H3,(H,25,26)/b24-14+. The zero-order chi connectivity index (χ0) is 19.9. The Morgan fingerprint density at radius 1 is 0.929 bits per heavy atom. The number of rotatable bonds is 5. The van der Waals surface area contributed by atoms with Gasteiger partial charge in [-0.15, -0.1) is 0 Å². The molecule has 0 heterocycles. The summed E-state index contributed by atoms with van der Waals surface area (Å²) in [6.07, 6.45) is 1.41. The SMILES string of the molecule is Cc1ccccc1C(=O)Oc1ccc(/C=N/NC(=O)c2ccccc2F)cc1. The summed E-state index contributed by atoms with van der Waals surface area (Å²) in [6, 6.07) is 19.4. The largest absolute Gasteiger partial charge is 0.423 e. The second kappa shape index (κ2) is 8.73. The van der Waals surface area contributed by atoms with Crippen LogP contribution >= 0.6 is 0 Å². The third-order valence-corrected chi connectivity index (χ3v) is 3.95. The lowest BCUT2D eigenvalue weighted by molar-refractivity contribution is 0.0733. The van der Waals surface area contributed by atoms with Crippen molar-refractivity contribution < 1.29 is 18.7 Å². The fraction of sp³-hybridized carbons (Fsp3) is 0.0455. The molecule has 0 saturated heterocycles. The van der Waals surface area contributed by atoms with Gasteiger partial charge in [0.15, 0.2) is 0 Å². The van der Waals surface area contributed by atoms with E-state index in [9.17, 15) is 14.0 Å². The van der Waals surface area contributed by atoms with E-state index in [-0.39, 0.29) is 5.56 Å². The van der Waals surface area contributed by atoms with E-state index in [4.69, 9.17) is 4.74 Å². The first kappa shape index (κ1) is 19.0. The zero-order valence-corrected chi connectivity index (χ0v) is 15.1. The van der Waals surface area contributed by atoms with E-state index in [0.717, 1.165) is 5.56 Å². The van der Waals surface area contributed by atoms with Gasteiger partial charge in [-0.05, 0) is 60.5 Å². The predicted molar refractivity (Wildman–Crippen MR) is 104 cm³/mol. The highest BCUT2D eigenvalue weighted by atomic mass is 19.1. The van der Waals surface area contributed by atoms with Gasteiger partial charge in [0.1, 0.15) is 11.6 Å². The minimum absolute atomic E-state index is 0.0851. The third-order valence-electron chi connectivity index (χ3n) is 3.95. The van der Waals surface area contributed by atoms with Crippen LogP contribution in [0.1, 0.15) is 31.8 Å². The van der Waals surface area contributed by atoms with E-state index in [1.54, 1.807) is 42.5 Å². The summed E-state index contributed by atoms with van der Waals surface area (Å²) in [7, 11) is 0. The molecule has 5 nitrogen and oxygen atoms in total. The van der Waals surface area contributed by atoms with Crippen molar-refractivity contribution >= 4 is 18.1 Å². The van der Waals surface area contributed by atoms with E-state index in [2.05, 4.69) is 10.5 Å². The molecule has 1 amide bonds. The van der Waals surface area contributed by atoms with Crippen LogP contribution in [0.15, 0.2) is 77.9 Å². The van der Waals surface area contributed by atoms with Gasteiger partial charge < -0.3 is 4.74 Å². The van der Waals surface area contributed by atoms with Gasteiger partial charge in [-0.3, -0.25) is 4.79 Å². The van der Waals surface area contributed by atoms with Crippen LogP contribution in [0.3, 0.4) is 0 Å². The van der Waals surface area contributed by atoms with Crippen molar-refractivity contribution in [3.8, 4) is 5.75 Å². The Bertz CT molecular complexity index is 1030. The monoisotopic (exact) mass is 376 g/mol. The normalized spacial score (nSPS) is 10.6. The van der Waals surface area contributed by atoms with Gasteiger partial charge in [-0.2, -0.15) is 5.10 Å². The summed E-state index contributed by atoms with van der Waals surface area (Å²) >= 11 is 0. The van der Waals surface area contributed by atoms with Crippen LogP contribution in [0.4, 0.5) is 4.39 Å². The molecule has 3 aromatic rings. The van der Waals surface area contributed by atoms with Gasteiger partial charge in [0.05, 0.1) is 17.3 Å². The second-order valence-corrected chi connectivity index (χ2v) is 5.95. The highest BCUT2D eigenvalue weighted by Gasteiger charge is 2.11. The van der Waals surface area contributed by atoms with Crippen molar-refractivity contribution in [2.45, 2.75) is 6.92 Å². The molecule has 3 aromatic carbocycles. The van der Waals surface area contributed by atoms with Crippen LogP contribution in [0.2, 0.25) is 0 Å². The molecule has 0 bridgehead atoms. The van der Waals surface area contributed by atoms with Gasteiger partial charge in [-0.25, -0.2) is 14.6 Å². The molecule has 6 heteroatoms. The maximum absolute atomic E-state index is 13.5. The number of hydrogen-bond acceptors (Lipinski definition) is 4. The number of nitrogens with zero attached hydrogens (tertiary/aromatic N) is 1. The van der Waals surface area contributed by atoms with Crippen molar-refractivity contribution in [3.63, 3.8) is 0 Å². The first-order chi connectivity index (χ1) is 13.5. The number of aryl methyl sites for hydroxylation is 1.